The Balaban J connectivity index is 1.57. The summed E-state index contributed by atoms with van der Waals surface area (Å²) >= 11 is 6.42. The standard InChI is InChI=1S/C24H18ClN3O2/c1-30-23-12-10-19(15-27-23)28-24(29)18-9-11-21(25)20(14-18)16-5-7-17(8-6-16)22-4-2-3-13-26-22/h2-15H,1H3,(H,28,29). The number of methoxy groups -OCH3 is 1. The molecule has 0 aliphatic carbocycles. The van der Waals surface area contributed by atoms with Gasteiger partial charge in [-0.3, -0.25) is 9.78 Å². The summed E-state index contributed by atoms with van der Waals surface area (Å²) in [5.74, 6) is 0.237. The van der Waals surface area contributed by atoms with Crippen molar-refractivity contribution >= 4 is 23.2 Å². The minimum Gasteiger partial charge on any atom is -0.481 e. The maximum absolute atomic E-state index is 12.7. The maximum atomic E-state index is 12.7. The van der Waals surface area contributed by atoms with Crippen molar-refractivity contribution in [3.63, 3.8) is 0 Å². The van der Waals surface area contributed by atoms with E-state index < -0.39 is 0 Å². The molecule has 0 aliphatic rings. The highest BCUT2D eigenvalue weighted by Crippen LogP contribution is 2.31. The number of carbonyl (C=O) groups excluding carboxylic acids is 1. The van der Waals surface area contributed by atoms with Crippen LogP contribution in [-0.4, -0.2) is 23.0 Å². The lowest BCUT2D eigenvalue weighted by molar-refractivity contribution is 0.102. The third-order valence-corrected chi connectivity index (χ3v) is 4.92. The number of ether oxygens (including phenoxy) is 1. The number of anilines is 1. The molecule has 2 aromatic heterocycles. The highest BCUT2D eigenvalue weighted by atomic mass is 35.5. The molecule has 4 rings (SSSR count). The van der Waals surface area contributed by atoms with Gasteiger partial charge in [0.05, 0.1) is 24.7 Å². The Hall–Kier alpha value is -3.70. The van der Waals surface area contributed by atoms with Gasteiger partial charge >= 0.3 is 0 Å². The monoisotopic (exact) mass is 415 g/mol. The maximum Gasteiger partial charge on any atom is 0.255 e. The number of rotatable bonds is 5. The summed E-state index contributed by atoms with van der Waals surface area (Å²) in [4.78, 5) is 21.1. The van der Waals surface area contributed by atoms with E-state index in [1.54, 1.807) is 49.8 Å². The molecule has 4 aromatic rings. The third-order valence-electron chi connectivity index (χ3n) is 4.59. The second-order valence-corrected chi connectivity index (χ2v) is 6.94. The number of benzene rings is 2. The molecule has 1 amide bonds. The van der Waals surface area contributed by atoms with E-state index >= 15 is 0 Å². The second kappa shape index (κ2) is 8.76. The number of pyridine rings is 2. The smallest absolute Gasteiger partial charge is 0.255 e. The van der Waals surface area contributed by atoms with Gasteiger partial charge in [-0.05, 0) is 42.0 Å². The Labute approximate surface area is 179 Å². The zero-order valence-electron chi connectivity index (χ0n) is 16.2. The van der Waals surface area contributed by atoms with Crippen LogP contribution >= 0.6 is 11.6 Å². The topological polar surface area (TPSA) is 64.1 Å². The van der Waals surface area contributed by atoms with E-state index in [0.717, 1.165) is 22.4 Å². The van der Waals surface area contributed by atoms with Crippen LogP contribution in [0.4, 0.5) is 5.69 Å². The number of nitrogens with one attached hydrogen (secondary N) is 1. The van der Waals surface area contributed by atoms with Crippen LogP contribution in [0.25, 0.3) is 22.4 Å². The predicted molar refractivity (Wildman–Crippen MR) is 119 cm³/mol. The van der Waals surface area contributed by atoms with Crippen LogP contribution in [0.1, 0.15) is 10.4 Å². The number of halogens is 1. The van der Waals surface area contributed by atoms with Gasteiger partial charge < -0.3 is 10.1 Å². The number of aromatic nitrogens is 2. The van der Waals surface area contributed by atoms with Crippen LogP contribution < -0.4 is 10.1 Å². The average Bonchev–Trinajstić information content (AvgIpc) is 2.80. The molecule has 0 saturated carbocycles. The molecular weight excluding hydrogens is 398 g/mol. The Bertz CT molecular complexity index is 1160. The molecule has 0 spiro atoms. The molecule has 30 heavy (non-hydrogen) atoms. The number of hydrogen-bond donors (Lipinski definition) is 1. The number of hydrogen-bond acceptors (Lipinski definition) is 4. The highest BCUT2D eigenvalue weighted by molar-refractivity contribution is 6.33. The van der Waals surface area contributed by atoms with Crippen molar-refractivity contribution in [1.82, 2.24) is 9.97 Å². The Kier molecular flexibility index (Phi) is 5.72. The van der Waals surface area contributed by atoms with Crippen molar-refractivity contribution in [3.8, 4) is 28.3 Å². The fourth-order valence-electron chi connectivity index (χ4n) is 3.02. The van der Waals surface area contributed by atoms with Crippen molar-refractivity contribution in [1.29, 1.82) is 0 Å². The largest absolute Gasteiger partial charge is 0.481 e. The quantitative estimate of drug-likeness (QED) is 0.452. The second-order valence-electron chi connectivity index (χ2n) is 6.53. The van der Waals surface area contributed by atoms with Gasteiger partial charge in [-0.2, -0.15) is 0 Å². The lowest BCUT2D eigenvalue weighted by Crippen LogP contribution is -2.12. The van der Waals surface area contributed by atoms with Crippen molar-refractivity contribution in [2.75, 3.05) is 12.4 Å². The first-order chi connectivity index (χ1) is 14.6. The molecule has 0 atom stereocenters. The van der Waals surface area contributed by atoms with Crippen LogP contribution in [-0.2, 0) is 0 Å². The molecule has 0 radical (unpaired) electrons. The summed E-state index contributed by atoms with van der Waals surface area (Å²) in [6, 6.07) is 22.3. The van der Waals surface area contributed by atoms with E-state index in [-0.39, 0.29) is 5.91 Å². The normalized spacial score (nSPS) is 10.5. The molecular formula is C24H18ClN3O2. The van der Waals surface area contributed by atoms with Gasteiger partial charge in [0.25, 0.3) is 5.91 Å². The van der Waals surface area contributed by atoms with Gasteiger partial charge in [0.15, 0.2) is 0 Å². The van der Waals surface area contributed by atoms with Crippen molar-refractivity contribution in [3.05, 3.63) is 95.8 Å². The minimum atomic E-state index is -0.245. The molecule has 0 unspecified atom stereocenters. The summed E-state index contributed by atoms with van der Waals surface area (Å²) in [6.07, 6.45) is 3.31. The minimum absolute atomic E-state index is 0.245. The van der Waals surface area contributed by atoms with Crippen molar-refractivity contribution in [2.24, 2.45) is 0 Å². The van der Waals surface area contributed by atoms with Crippen LogP contribution in [0.5, 0.6) is 5.88 Å². The molecule has 0 saturated heterocycles. The molecule has 2 heterocycles. The fraction of sp³-hybridized carbons (Fsp3) is 0.0417. The van der Waals surface area contributed by atoms with E-state index in [1.165, 1.54) is 0 Å². The average molecular weight is 416 g/mol. The lowest BCUT2D eigenvalue weighted by atomic mass is 10.0. The summed E-state index contributed by atoms with van der Waals surface area (Å²) in [6.45, 7) is 0. The highest BCUT2D eigenvalue weighted by Gasteiger charge is 2.11. The van der Waals surface area contributed by atoms with Crippen LogP contribution in [0.15, 0.2) is 85.2 Å². The molecule has 5 nitrogen and oxygen atoms in total. The van der Waals surface area contributed by atoms with Crippen molar-refractivity contribution < 1.29 is 9.53 Å². The summed E-state index contributed by atoms with van der Waals surface area (Å²) in [5, 5.41) is 3.40. The van der Waals surface area contributed by atoms with E-state index in [1.807, 2.05) is 42.5 Å². The van der Waals surface area contributed by atoms with E-state index in [4.69, 9.17) is 16.3 Å². The van der Waals surface area contributed by atoms with Crippen LogP contribution in [0, 0.1) is 0 Å². The zero-order valence-corrected chi connectivity index (χ0v) is 16.9. The van der Waals surface area contributed by atoms with Gasteiger partial charge in [-0.25, -0.2) is 4.98 Å². The van der Waals surface area contributed by atoms with E-state index in [2.05, 4.69) is 15.3 Å². The van der Waals surface area contributed by atoms with Gasteiger partial charge in [-0.15, -0.1) is 0 Å². The van der Waals surface area contributed by atoms with E-state index in [0.29, 0.717) is 22.2 Å². The molecule has 2 aromatic carbocycles. The molecule has 6 heteroatoms. The fourth-order valence-corrected chi connectivity index (χ4v) is 3.25. The van der Waals surface area contributed by atoms with Gasteiger partial charge in [-0.1, -0.05) is 41.9 Å². The molecule has 0 fully saturated rings. The number of nitrogens with zero attached hydrogens (tertiary/aromatic N) is 2. The third kappa shape index (κ3) is 4.31. The predicted octanol–water partition coefficient (Wildman–Crippen LogP) is 5.72. The van der Waals surface area contributed by atoms with Gasteiger partial charge in [0.1, 0.15) is 0 Å². The Morgan fingerprint density at radius 1 is 0.933 bits per heavy atom. The van der Waals surface area contributed by atoms with E-state index in [9.17, 15) is 4.79 Å². The Morgan fingerprint density at radius 2 is 1.73 bits per heavy atom. The molecule has 148 valence electrons. The zero-order chi connectivity index (χ0) is 20.9. The lowest BCUT2D eigenvalue weighted by Gasteiger charge is -2.10. The summed E-state index contributed by atoms with van der Waals surface area (Å²) < 4.78 is 5.03. The first-order valence-electron chi connectivity index (χ1n) is 9.27. The molecule has 0 aliphatic heterocycles. The Morgan fingerprint density at radius 3 is 2.40 bits per heavy atom. The van der Waals surface area contributed by atoms with Gasteiger partial charge in [0.2, 0.25) is 5.88 Å². The first kappa shape index (κ1) is 19.6. The summed E-state index contributed by atoms with van der Waals surface area (Å²) in [7, 11) is 1.54. The van der Waals surface area contributed by atoms with Crippen LogP contribution in [0.3, 0.4) is 0 Å². The molecule has 0 bridgehead atoms. The summed E-state index contributed by atoms with van der Waals surface area (Å²) in [5.41, 5.74) is 4.69. The number of amides is 1. The van der Waals surface area contributed by atoms with Gasteiger partial charge in [0, 0.05) is 34.0 Å². The number of carbonyl (C=O) groups is 1. The van der Waals surface area contributed by atoms with Crippen molar-refractivity contribution in [2.45, 2.75) is 0 Å². The first-order valence-corrected chi connectivity index (χ1v) is 9.64. The SMILES string of the molecule is COc1ccc(NC(=O)c2ccc(Cl)c(-c3ccc(-c4ccccn4)cc3)c2)cn1. The molecule has 1 N–H and O–H groups in total. The van der Waals surface area contributed by atoms with Crippen LogP contribution in [0.2, 0.25) is 5.02 Å².